The van der Waals surface area contributed by atoms with Gasteiger partial charge in [-0.1, -0.05) is 0 Å². The second-order valence-electron chi connectivity index (χ2n) is 4.55. The van der Waals surface area contributed by atoms with Crippen molar-refractivity contribution in [3.05, 3.63) is 23.8 Å². The maximum Gasteiger partial charge on any atom is 0.101 e. The Labute approximate surface area is 108 Å². The van der Waals surface area contributed by atoms with Crippen LogP contribution in [0.1, 0.15) is 25.3 Å². The maximum atomic E-state index is 8.87. The summed E-state index contributed by atoms with van der Waals surface area (Å²) in [4.78, 5) is 2.28. The van der Waals surface area contributed by atoms with Crippen LogP contribution >= 0.6 is 0 Å². The van der Waals surface area contributed by atoms with Crippen LogP contribution in [0.4, 0.5) is 11.4 Å². The molecule has 1 fully saturated rings. The highest BCUT2D eigenvalue weighted by Gasteiger charge is 2.20. The van der Waals surface area contributed by atoms with Gasteiger partial charge >= 0.3 is 0 Å². The molecule has 1 heterocycles. The van der Waals surface area contributed by atoms with Crippen molar-refractivity contribution in [3.8, 4) is 6.07 Å². The van der Waals surface area contributed by atoms with Gasteiger partial charge in [-0.05, 0) is 38.0 Å². The fourth-order valence-electron chi connectivity index (χ4n) is 2.39. The SMILES string of the molecule is CCOC1CCCN(c2ccc(C#N)c(N)c2)C1. The van der Waals surface area contributed by atoms with Gasteiger partial charge in [-0.2, -0.15) is 5.26 Å². The maximum absolute atomic E-state index is 8.87. The standard InChI is InChI=1S/C14H19N3O/c1-2-18-13-4-3-7-17(10-13)12-6-5-11(9-15)14(16)8-12/h5-6,8,13H,2-4,7,10,16H2,1H3. The third-order valence-corrected chi connectivity index (χ3v) is 3.30. The van der Waals surface area contributed by atoms with Gasteiger partial charge in [0.05, 0.1) is 17.4 Å². The molecule has 0 aliphatic carbocycles. The molecule has 1 saturated heterocycles. The first kappa shape index (κ1) is 12.7. The Morgan fingerprint density at radius 2 is 2.39 bits per heavy atom. The van der Waals surface area contributed by atoms with Crippen LogP contribution in [-0.4, -0.2) is 25.8 Å². The largest absolute Gasteiger partial charge is 0.398 e. The van der Waals surface area contributed by atoms with Gasteiger partial charge < -0.3 is 15.4 Å². The van der Waals surface area contributed by atoms with E-state index < -0.39 is 0 Å². The normalized spacial score (nSPS) is 19.6. The Morgan fingerprint density at radius 1 is 1.56 bits per heavy atom. The highest BCUT2D eigenvalue weighted by Crippen LogP contribution is 2.25. The monoisotopic (exact) mass is 245 g/mol. The van der Waals surface area contributed by atoms with E-state index in [1.807, 2.05) is 19.1 Å². The van der Waals surface area contributed by atoms with Crippen molar-refractivity contribution in [1.82, 2.24) is 0 Å². The summed E-state index contributed by atoms with van der Waals surface area (Å²) in [7, 11) is 0. The first-order valence-electron chi connectivity index (χ1n) is 6.40. The van der Waals surface area contributed by atoms with Crippen molar-refractivity contribution in [1.29, 1.82) is 5.26 Å². The molecule has 1 aromatic carbocycles. The second-order valence-corrected chi connectivity index (χ2v) is 4.55. The number of piperidine rings is 1. The third kappa shape index (κ3) is 2.74. The van der Waals surface area contributed by atoms with Crippen molar-refractivity contribution in [2.75, 3.05) is 30.3 Å². The topological polar surface area (TPSA) is 62.3 Å². The van der Waals surface area contributed by atoms with Crippen molar-refractivity contribution in [2.24, 2.45) is 0 Å². The molecule has 0 bridgehead atoms. The summed E-state index contributed by atoms with van der Waals surface area (Å²) in [6.45, 7) is 4.71. The molecule has 18 heavy (non-hydrogen) atoms. The minimum atomic E-state index is 0.306. The summed E-state index contributed by atoms with van der Waals surface area (Å²) < 4.78 is 5.68. The van der Waals surface area contributed by atoms with Crippen molar-refractivity contribution in [2.45, 2.75) is 25.9 Å². The number of ether oxygens (including phenoxy) is 1. The Morgan fingerprint density at radius 3 is 3.06 bits per heavy atom. The first-order valence-corrected chi connectivity index (χ1v) is 6.40. The number of nitrogen functional groups attached to an aromatic ring is 1. The summed E-state index contributed by atoms with van der Waals surface area (Å²) in [5.74, 6) is 0. The molecule has 1 atom stereocenters. The lowest BCUT2D eigenvalue weighted by atomic mass is 10.1. The van der Waals surface area contributed by atoms with Gasteiger partial charge in [-0.25, -0.2) is 0 Å². The smallest absolute Gasteiger partial charge is 0.101 e. The molecule has 1 aliphatic rings. The van der Waals surface area contributed by atoms with Crippen LogP contribution in [0.5, 0.6) is 0 Å². The number of anilines is 2. The van der Waals surface area contributed by atoms with Gasteiger partial charge in [0.25, 0.3) is 0 Å². The number of hydrogen-bond acceptors (Lipinski definition) is 4. The molecule has 0 aromatic heterocycles. The number of nitrogens with zero attached hydrogens (tertiary/aromatic N) is 2. The highest BCUT2D eigenvalue weighted by molar-refractivity contribution is 5.63. The van der Waals surface area contributed by atoms with Crippen LogP contribution < -0.4 is 10.6 Å². The van der Waals surface area contributed by atoms with E-state index in [0.29, 0.717) is 17.4 Å². The zero-order valence-corrected chi connectivity index (χ0v) is 10.7. The number of hydrogen-bond donors (Lipinski definition) is 1. The predicted molar refractivity (Wildman–Crippen MR) is 72.4 cm³/mol. The minimum Gasteiger partial charge on any atom is -0.398 e. The van der Waals surface area contributed by atoms with E-state index in [1.165, 1.54) is 0 Å². The van der Waals surface area contributed by atoms with E-state index in [-0.39, 0.29) is 0 Å². The molecule has 4 heteroatoms. The zero-order chi connectivity index (χ0) is 13.0. The van der Waals surface area contributed by atoms with Crippen LogP contribution in [0.3, 0.4) is 0 Å². The van der Waals surface area contributed by atoms with Crippen LogP contribution in [-0.2, 0) is 4.74 Å². The van der Waals surface area contributed by atoms with E-state index >= 15 is 0 Å². The lowest BCUT2D eigenvalue weighted by Crippen LogP contribution is -2.39. The molecule has 2 N–H and O–H groups in total. The predicted octanol–water partition coefficient (Wildman–Crippen LogP) is 2.15. The Kier molecular flexibility index (Phi) is 4.06. The van der Waals surface area contributed by atoms with Crippen LogP contribution in [0.15, 0.2) is 18.2 Å². The molecule has 0 amide bonds. The zero-order valence-electron chi connectivity index (χ0n) is 10.7. The third-order valence-electron chi connectivity index (χ3n) is 3.30. The molecular weight excluding hydrogens is 226 g/mol. The molecule has 0 radical (unpaired) electrons. The van der Waals surface area contributed by atoms with Crippen molar-refractivity contribution in [3.63, 3.8) is 0 Å². The lowest BCUT2D eigenvalue weighted by Gasteiger charge is -2.34. The minimum absolute atomic E-state index is 0.306. The molecule has 0 spiro atoms. The molecule has 4 nitrogen and oxygen atoms in total. The van der Waals surface area contributed by atoms with Gasteiger partial charge in [0, 0.05) is 25.4 Å². The van der Waals surface area contributed by atoms with Crippen LogP contribution in [0.2, 0.25) is 0 Å². The van der Waals surface area contributed by atoms with Gasteiger partial charge in [0.2, 0.25) is 0 Å². The molecule has 0 saturated carbocycles. The number of rotatable bonds is 3. The molecule has 1 aliphatic heterocycles. The summed E-state index contributed by atoms with van der Waals surface area (Å²) in [5, 5.41) is 8.87. The summed E-state index contributed by atoms with van der Waals surface area (Å²) in [5.41, 5.74) is 8.02. The van der Waals surface area contributed by atoms with E-state index in [2.05, 4.69) is 11.0 Å². The quantitative estimate of drug-likeness (QED) is 0.829. The van der Waals surface area contributed by atoms with Crippen molar-refractivity contribution >= 4 is 11.4 Å². The van der Waals surface area contributed by atoms with Crippen LogP contribution in [0, 0.1) is 11.3 Å². The fourth-order valence-corrected chi connectivity index (χ4v) is 2.39. The Hall–Kier alpha value is -1.73. The van der Waals surface area contributed by atoms with Gasteiger partial charge in [-0.3, -0.25) is 0 Å². The van der Waals surface area contributed by atoms with Crippen molar-refractivity contribution < 1.29 is 4.74 Å². The molecule has 96 valence electrons. The van der Waals surface area contributed by atoms with E-state index in [1.54, 1.807) is 6.07 Å². The number of nitriles is 1. The van der Waals surface area contributed by atoms with E-state index in [4.69, 9.17) is 15.7 Å². The molecule has 1 unspecified atom stereocenters. The summed E-state index contributed by atoms with van der Waals surface area (Å²) >= 11 is 0. The van der Waals surface area contributed by atoms with Gasteiger partial charge in [-0.15, -0.1) is 0 Å². The average molecular weight is 245 g/mol. The fraction of sp³-hybridized carbons (Fsp3) is 0.500. The molecule has 1 aromatic rings. The Bertz CT molecular complexity index is 451. The number of nitrogens with two attached hydrogens (primary N) is 1. The summed E-state index contributed by atoms with van der Waals surface area (Å²) in [6.07, 6.45) is 2.56. The first-order chi connectivity index (χ1) is 8.74. The highest BCUT2D eigenvalue weighted by atomic mass is 16.5. The van der Waals surface area contributed by atoms with Gasteiger partial charge in [0.15, 0.2) is 0 Å². The second kappa shape index (κ2) is 5.74. The van der Waals surface area contributed by atoms with Gasteiger partial charge in [0.1, 0.15) is 6.07 Å². The van der Waals surface area contributed by atoms with Crippen LogP contribution in [0.25, 0.3) is 0 Å². The average Bonchev–Trinajstić information content (AvgIpc) is 2.39. The van der Waals surface area contributed by atoms with E-state index in [0.717, 1.165) is 38.2 Å². The molecular formula is C14H19N3O. The lowest BCUT2D eigenvalue weighted by molar-refractivity contribution is 0.0527. The summed E-state index contributed by atoms with van der Waals surface area (Å²) in [6, 6.07) is 7.72. The molecule has 2 rings (SSSR count). The number of benzene rings is 1. The Balaban J connectivity index is 2.11. The van der Waals surface area contributed by atoms with E-state index in [9.17, 15) is 0 Å².